The van der Waals surface area contributed by atoms with E-state index in [1.54, 1.807) is 24.0 Å². The van der Waals surface area contributed by atoms with Gasteiger partial charge in [0.05, 0.1) is 10.6 Å². The molecule has 1 fully saturated rings. The van der Waals surface area contributed by atoms with E-state index in [0.29, 0.717) is 28.7 Å². The number of benzene rings is 1. The van der Waals surface area contributed by atoms with Crippen LogP contribution in [0.1, 0.15) is 29.6 Å². The Bertz CT molecular complexity index is 712. The van der Waals surface area contributed by atoms with Crippen molar-refractivity contribution < 1.29 is 4.79 Å². The predicted octanol–water partition coefficient (Wildman–Crippen LogP) is 2.60. The van der Waals surface area contributed by atoms with E-state index < -0.39 is 0 Å². The van der Waals surface area contributed by atoms with Crippen molar-refractivity contribution in [2.75, 3.05) is 6.54 Å². The molecule has 2 atom stereocenters. The van der Waals surface area contributed by atoms with Crippen molar-refractivity contribution in [3.8, 4) is 11.3 Å². The number of aromatic nitrogens is 2. The summed E-state index contributed by atoms with van der Waals surface area (Å²) in [5, 5.41) is 8.13. The Morgan fingerprint density at radius 1 is 1.43 bits per heavy atom. The van der Waals surface area contributed by atoms with Gasteiger partial charge in [0.1, 0.15) is 5.69 Å². The Morgan fingerprint density at radius 2 is 2.22 bits per heavy atom. The van der Waals surface area contributed by atoms with Crippen LogP contribution in [0.3, 0.4) is 0 Å². The molecular weight excluding hydrogens is 312 g/mol. The lowest BCUT2D eigenvalue weighted by molar-refractivity contribution is 0.0929. The fourth-order valence-electron chi connectivity index (χ4n) is 3.26. The second-order valence-electron chi connectivity index (χ2n) is 6.05. The van der Waals surface area contributed by atoms with Crippen LogP contribution in [-0.4, -0.2) is 28.3 Å². The minimum atomic E-state index is -0.113. The fourth-order valence-corrected chi connectivity index (χ4v) is 3.49. The SMILES string of the molecule is Cn1cc(C(=O)NC2CCCC2CN)c(-c2ccccc2Cl)n1. The summed E-state index contributed by atoms with van der Waals surface area (Å²) in [4.78, 5) is 12.7. The number of nitrogens with zero attached hydrogens (tertiary/aromatic N) is 2. The maximum Gasteiger partial charge on any atom is 0.255 e. The first-order valence-electron chi connectivity index (χ1n) is 7.89. The monoisotopic (exact) mass is 332 g/mol. The van der Waals surface area contributed by atoms with Gasteiger partial charge in [-0.3, -0.25) is 9.48 Å². The van der Waals surface area contributed by atoms with Crippen molar-refractivity contribution in [2.45, 2.75) is 25.3 Å². The van der Waals surface area contributed by atoms with Gasteiger partial charge >= 0.3 is 0 Å². The molecule has 1 aromatic heterocycles. The number of carbonyl (C=O) groups excluding carboxylic acids is 1. The van der Waals surface area contributed by atoms with Crippen LogP contribution in [0.5, 0.6) is 0 Å². The number of hydrogen-bond acceptors (Lipinski definition) is 3. The summed E-state index contributed by atoms with van der Waals surface area (Å²) < 4.78 is 1.64. The van der Waals surface area contributed by atoms with Crippen molar-refractivity contribution in [1.82, 2.24) is 15.1 Å². The van der Waals surface area contributed by atoms with E-state index in [1.165, 1.54) is 0 Å². The topological polar surface area (TPSA) is 72.9 Å². The molecule has 0 aliphatic heterocycles. The van der Waals surface area contributed by atoms with Crippen molar-refractivity contribution in [3.63, 3.8) is 0 Å². The van der Waals surface area contributed by atoms with Crippen molar-refractivity contribution in [1.29, 1.82) is 0 Å². The van der Waals surface area contributed by atoms with Crippen LogP contribution < -0.4 is 11.1 Å². The molecule has 1 aliphatic rings. The molecule has 1 saturated carbocycles. The summed E-state index contributed by atoms with van der Waals surface area (Å²) in [5.41, 5.74) is 7.72. The van der Waals surface area contributed by atoms with Gasteiger partial charge in [0, 0.05) is 24.8 Å². The first-order chi connectivity index (χ1) is 11.1. The van der Waals surface area contributed by atoms with Gasteiger partial charge in [0.15, 0.2) is 0 Å². The van der Waals surface area contributed by atoms with Crippen molar-refractivity contribution >= 4 is 17.5 Å². The molecule has 0 radical (unpaired) electrons. The van der Waals surface area contributed by atoms with Crippen LogP contribution in [0.15, 0.2) is 30.5 Å². The third kappa shape index (κ3) is 3.26. The normalized spacial score (nSPS) is 20.7. The average molecular weight is 333 g/mol. The number of amides is 1. The second kappa shape index (κ2) is 6.72. The number of hydrogen-bond donors (Lipinski definition) is 2. The van der Waals surface area contributed by atoms with Gasteiger partial charge < -0.3 is 11.1 Å². The second-order valence-corrected chi connectivity index (χ2v) is 6.46. The van der Waals surface area contributed by atoms with Crippen LogP contribution in [-0.2, 0) is 7.05 Å². The third-order valence-corrected chi connectivity index (χ3v) is 4.81. The molecule has 1 aromatic carbocycles. The number of aryl methyl sites for hydroxylation is 1. The summed E-state index contributed by atoms with van der Waals surface area (Å²) in [6, 6.07) is 7.57. The van der Waals surface area contributed by atoms with E-state index in [4.69, 9.17) is 17.3 Å². The molecular formula is C17H21ClN4O. The minimum absolute atomic E-state index is 0.113. The van der Waals surface area contributed by atoms with E-state index in [-0.39, 0.29) is 11.9 Å². The highest BCUT2D eigenvalue weighted by Gasteiger charge is 2.29. The molecule has 1 amide bonds. The van der Waals surface area contributed by atoms with Crippen molar-refractivity contribution in [3.05, 3.63) is 41.0 Å². The highest BCUT2D eigenvalue weighted by molar-refractivity contribution is 6.33. The molecule has 3 N–H and O–H groups in total. The average Bonchev–Trinajstić information content (AvgIpc) is 3.14. The first-order valence-corrected chi connectivity index (χ1v) is 8.27. The van der Waals surface area contributed by atoms with Crippen molar-refractivity contribution in [2.24, 2.45) is 18.7 Å². The molecule has 0 bridgehead atoms. The van der Waals surface area contributed by atoms with Crippen LogP contribution in [0.2, 0.25) is 5.02 Å². The number of nitrogens with one attached hydrogen (secondary N) is 1. The summed E-state index contributed by atoms with van der Waals surface area (Å²) in [7, 11) is 1.80. The minimum Gasteiger partial charge on any atom is -0.349 e. The molecule has 0 saturated heterocycles. The lowest BCUT2D eigenvalue weighted by Crippen LogP contribution is -2.39. The van der Waals surface area contributed by atoms with Crippen LogP contribution in [0, 0.1) is 5.92 Å². The van der Waals surface area contributed by atoms with Gasteiger partial charge in [0.25, 0.3) is 5.91 Å². The standard InChI is InChI=1S/C17H21ClN4O/c1-22-10-13(16(21-22)12-6-2-3-7-14(12)18)17(23)20-15-8-4-5-11(15)9-19/h2-3,6-7,10-11,15H,4-5,8-9,19H2,1H3,(H,20,23). The Kier molecular flexibility index (Phi) is 4.68. The summed E-state index contributed by atoms with van der Waals surface area (Å²) >= 11 is 6.26. The molecule has 2 aromatic rings. The van der Waals surface area contributed by atoms with Gasteiger partial charge in [-0.15, -0.1) is 0 Å². The highest BCUT2D eigenvalue weighted by Crippen LogP contribution is 2.30. The molecule has 1 heterocycles. The van der Waals surface area contributed by atoms with E-state index >= 15 is 0 Å². The molecule has 23 heavy (non-hydrogen) atoms. The smallest absolute Gasteiger partial charge is 0.255 e. The van der Waals surface area contributed by atoms with E-state index in [0.717, 1.165) is 24.8 Å². The fraction of sp³-hybridized carbons (Fsp3) is 0.412. The zero-order valence-corrected chi connectivity index (χ0v) is 13.9. The van der Waals surface area contributed by atoms with E-state index in [9.17, 15) is 4.79 Å². The molecule has 5 nitrogen and oxygen atoms in total. The summed E-state index contributed by atoms with van der Waals surface area (Å²) in [5.74, 6) is 0.248. The zero-order chi connectivity index (χ0) is 16.4. The molecule has 6 heteroatoms. The number of rotatable bonds is 4. The van der Waals surface area contributed by atoms with Gasteiger partial charge in [-0.05, 0) is 31.4 Å². The van der Waals surface area contributed by atoms with Crippen LogP contribution in [0.25, 0.3) is 11.3 Å². The van der Waals surface area contributed by atoms with Crippen LogP contribution in [0.4, 0.5) is 0 Å². The molecule has 0 spiro atoms. The van der Waals surface area contributed by atoms with Gasteiger partial charge in [0.2, 0.25) is 0 Å². The maximum atomic E-state index is 12.7. The number of nitrogens with two attached hydrogens (primary N) is 1. The summed E-state index contributed by atoms with van der Waals surface area (Å²) in [6.07, 6.45) is 4.90. The maximum absolute atomic E-state index is 12.7. The Hall–Kier alpha value is -1.85. The Balaban J connectivity index is 1.88. The Morgan fingerprint density at radius 3 is 2.96 bits per heavy atom. The quantitative estimate of drug-likeness (QED) is 0.903. The molecule has 1 aliphatic carbocycles. The predicted molar refractivity (Wildman–Crippen MR) is 91.3 cm³/mol. The van der Waals surface area contributed by atoms with E-state index in [1.807, 2.05) is 18.2 Å². The van der Waals surface area contributed by atoms with Gasteiger partial charge in [-0.1, -0.05) is 36.2 Å². The third-order valence-electron chi connectivity index (χ3n) is 4.48. The molecule has 3 rings (SSSR count). The van der Waals surface area contributed by atoms with Gasteiger partial charge in [-0.25, -0.2) is 0 Å². The highest BCUT2D eigenvalue weighted by atomic mass is 35.5. The first kappa shape index (κ1) is 16.0. The molecule has 2 unspecified atom stereocenters. The van der Waals surface area contributed by atoms with Gasteiger partial charge in [-0.2, -0.15) is 5.10 Å². The number of carbonyl (C=O) groups is 1. The largest absolute Gasteiger partial charge is 0.349 e. The van der Waals surface area contributed by atoms with Crippen LogP contribution >= 0.6 is 11.6 Å². The Labute approximate surface area is 140 Å². The van der Waals surface area contributed by atoms with E-state index in [2.05, 4.69) is 10.4 Å². The summed E-state index contributed by atoms with van der Waals surface area (Å²) in [6.45, 7) is 0.607. The molecule has 122 valence electrons. The zero-order valence-electron chi connectivity index (χ0n) is 13.1. The lowest BCUT2D eigenvalue weighted by atomic mass is 10.0. The number of halogens is 1. The lowest BCUT2D eigenvalue weighted by Gasteiger charge is -2.19.